The molecule has 0 saturated heterocycles. The Morgan fingerprint density at radius 3 is 2.54 bits per heavy atom. The predicted octanol–water partition coefficient (Wildman–Crippen LogP) is 3.79. The van der Waals surface area contributed by atoms with E-state index in [0.717, 1.165) is 4.68 Å². The largest absolute Gasteiger partial charge is 0.472 e. The maximum absolute atomic E-state index is 13.2. The van der Waals surface area contributed by atoms with Crippen LogP contribution in [0, 0.1) is 10.1 Å². The maximum Gasteiger partial charge on any atom is 0.346 e. The normalized spacial score (nSPS) is 11.9. The Bertz CT molecular complexity index is 1500. The highest BCUT2D eigenvalue weighted by atomic mass is 16.6. The number of nitro groups is 1. The van der Waals surface area contributed by atoms with Crippen molar-refractivity contribution in [1.82, 2.24) is 9.66 Å². The van der Waals surface area contributed by atoms with Gasteiger partial charge in [-0.2, -0.15) is 9.78 Å². The van der Waals surface area contributed by atoms with Gasteiger partial charge in [-0.25, -0.2) is 9.78 Å². The van der Waals surface area contributed by atoms with E-state index in [0.29, 0.717) is 27.9 Å². The lowest BCUT2D eigenvalue weighted by molar-refractivity contribution is -0.386. The first-order valence-corrected chi connectivity index (χ1v) is 10.5. The molecule has 1 atom stereocenters. The molecule has 176 valence electrons. The minimum Gasteiger partial charge on any atom is -0.472 e. The molecule has 1 aromatic heterocycles. The van der Waals surface area contributed by atoms with Crippen LogP contribution in [-0.2, 0) is 9.53 Å². The molecule has 10 heteroatoms. The van der Waals surface area contributed by atoms with Gasteiger partial charge in [0, 0.05) is 17.2 Å². The number of ether oxygens (including phenoxy) is 2. The van der Waals surface area contributed by atoms with Crippen LogP contribution in [0.1, 0.15) is 12.5 Å². The number of esters is 1. The van der Waals surface area contributed by atoms with Crippen molar-refractivity contribution in [2.24, 2.45) is 5.10 Å². The van der Waals surface area contributed by atoms with Crippen LogP contribution in [0.5, 0.6) is 5.75 Å². The molecule has 0 aliphatic heterocycles. The first kappa shape index (κ1) is 23.3. The number of hydrogen-bond donors (Lipinski definition) is 0. The zero-order valence-corrected chi connectivity index (χ0v) is 18.8. The summed E-state index contributed by atoms with van der Waals surface area (Å²) in [5, 5.41) is 16.3. The minimum absolute atomic E-state index is 0.0976. The van der Waals surface area contributed by atoms with Gasteiger partial charge >= 0.3 is 11.7 Å². The molecule has 3 aromatic carbocycles. The van der Waals surface area contributed by atoms with Crippen molar-refractivity contribution in [2.75, 3.05) is 7.11 Å². The smallest absolute Gasteiger partial charge is 0.346 e. The molecule has 35 heavy (non-hydrogen) atoms. The Morgan fingerprint density at radius 1 is 1.11 bits per heavy atom. The summed E-state index contributed by atoms with van der Waals surface area (Å²) in [5.41, 5.74) is 0.802. The Balaban J connectivity index is 1.77. The van der Waals surface area contributed by atoms with E-state index in [1.807, 2.05) is 30.3 Å². The lowest BCUT2D eigenvalue weighted by Gasteiger charge is -2.12. The average Bonchev–Trinajstić information content (AvgIpc) is 2.88. The number of methoxy groups -OCH3 is 1. The maximum atomic E-state index is 13.2. The van der Waals surface area contributed by atoms with Crippen LogP contribution in [-0.4, -0.2) is 40.0 Å². The van der Waals surface area contributed by atoms with Gasteiger partial charge in [0.1, 0.15) is 0 Å². The Morgan fingerprint density at radius 2 is 1.83 bits per heavy atom. The average molecular weight is 472 g/mol. The van der Waals surface area contributed by atoms with E-state index in [9.17, 15) is 19.7 Å². The Kier molecular flexibility index (Phi) is 6.63. The van der Waals surface area contributed by atoms with Gasteiger partial charge in [0.2, 0.25) is 0 Å². The van der Waals surface area contributed by atoms with Gasteiger partial charge in [-0.05, 0) is 31.2 Å². The van der Waals surface area contributed by atoms with E-state index >= 15 is 0 Å². The number of hydrogen-bond acceptors (Lipinski definition) is 8. The van der Waals surface area contributed by atoms with Crippen molar-refractivity contribution in [3.8, 4) is 17.1 Å². The summed E-state index contributed by atoms with van der Waals surface area (Å²) in [6, 6.07) is 20.2. The highest BCUT2D eigenvalue weighted by Gasteiger charge is 2.22. The zero-order valence-electron chi connectivity index (χ0n) is 18.8. The summed E-state index contributed by atoms with van der Waals surface area (Å²) in [7, 11) is 1.20. The van der Waals surface area contributed by atoms with Gasteiger partial charge in [0.25, 0.3) is 5.56 Å². The van der Waals surface area contributed by atoms with Crippen molar-refractivity contribution in [3.05, 3.63) is 98.8 Å². The van der Waals surface area contributed by atoms with Gasteiger partial charge < -0.3 is 9.47 Å². The molecule has 0 radical (unpaired) electrons. The molecular weight excluding hydrogens is 452 g/mol. The van der Waals surface area contributed by atoms with Crippen LogP contribution < -0.4 is 10.3 Å². The molecule has 0 spiro atoms. The topological polar surface area (TPSA) is 126 Å². The highest BCUT2D eigenvalue weighted by Crippen LogP contribution is 2.29. The van der Waals surface area contributed by atoms with Crippen LogP contribution in [0.4, 0.5) is 5.69 Å². The van der Waals surface area contributed by atoms with Gasteiger partial charge in [0.15, 0.2) is 17.7 Å². The molecule has 4 aromatic rings. The number of aromatic nitrogens is 2. The van der Waals surface area contributed by atoms with Gasteiger partial charge in [0.05, 0.1) is 29.2 Å². The second-order valence-electron chi connectivity index (χ2n) is 7.45. The predicted molar refractivity (Wildman–Crippen MR) is 130 cm³/mol. The zero-order chi connectivity index (χ0) is 24.9. The third-order valence-electron chi connectivity index (χ3n) is 5.12. The number of carbonyl (C=O) groups excluding carboxylic acids is 1. The second kappa shape index (κ2) is 9.96. The molecule has 0 aliphatic rings. The van der Waals surface area contributed by atoms with E-state index in [2.05, 4.69) is 14.8 Å². The summed E-state index contributed by atoms with van der Waals surface area (Å²) in [6.45, 7) is 1.43. The highest BCUT2D eigenvalue weighted by molar-refractivity contribution is 5.83. The van der Waals surface area contributed by atoms with Crippen molar-refractivity contribution < 1.29 is 19.2 Å². The van der Waals surface area contributed by atoms with Crippen molar-refractivity contribution in [1.29, 1.82) is 0 Å². The number of nitrogens with zero attached hydrogens (tertiary/aromatic N) is 4. The Labute approximate surface area is 199 Å². The number of carbonyl (C=O) groups is 1. The number of para-hydroxylation sites is 1. The SMILES string of the molecule is COC(=O)C(C)Oc1ccc(C=Nn2c(-c3ccccc3)nc3ccccc3c2=O)cc1[N+](=O)[O-]. The van der Waals surface area contributed by atoms with Gasteiger partial charge in [-0.1, -0.05) is 42.5 Å². The van der Waals surface area contributed by atoms with Crippen molar-refractivity contribution >= 4 is 28.8 Å². The fourth-order valence-electron chi connectivity index (χ4n) is 3.39. The van der Waals surface area contributed by atoms with Crippen LogP contribution in [0.25, 0.3) is 22.3 Å². The lowest BCUT2D eigenvalue weighted by atomic mass is 10.2. The molecule has 0 fully saturated rings. The molecule has 1 unspecified atom stereocenters. The number of benzene rings is 3. The summed E-state index contributed by atoms with van der Waals surface area (Å²) in [6.07, 6.45) is 0.291. The van der Waals surface area contributed by atoms with E-state index < -0.39 is 17.0 Å². The summed E-state index contributed by atoms with van der Waals surface area (Å²) >= 11 is 0. The molecule has 0 bridgehead atoms. The van der Waals surface area contributed by atoms with Crippen LogP contribution >= 0.6 is 0 Å². The van der Waals surface area contributed by atoms with Crippen LogP contribution in [0.2, 0.25) is 0 Å². The number of nitro benzene ring substituents is 1. The second-order valence-corrected chi connectivity index (χ2v) is 7.45. The summed E-state index contributed by atoms with van der Waals surface area (Å²) in [5.74, 6) is -0.437. The third kappa shape index (κ3) is 4.91. The van der Waals surface area contributed by atoms with E-state index in [1.54, 1.807) is 24.3 Å². The van der Waals surface area contributed by atoms with Crippen molar-refractivity contribution in [2.45, 2.75) is 13.0 Å². The first-order valence-electron chi connectivity index (χ1n) is 10.5. The lowest BCUT2D eigenvalue weighted by Crippen LogP contribution is -2.25. The van der Waals surface area contributed by atoms with E-state index in [-0.39, 0.29) is 17.0 Å². The molecule has 0 saturated carbocycles. The molecular formula is C25H20N4O6. The fraction of sp³-hybridized carbons (Fsp3) is 0.120. The van der Waals surface area contributed by atoms with Crippen molar-refractivity contribution in [3.63, 3.8) is 0 Å². The van der Waals surface area contributed by atoms with Crippen LogP contribution in [0.15, 0.2) is 82.7 Å². The van der Waals surface area contributed by atoms with Crippen LogP contribution in [0.3, 0.4) is 0 Å². The quantitative estimate of drug-likeness (QED) is 0.173. The first-order chi connectivity index (χ1) is 16.9. The minimum atomic E-state index is -1.03. The Hall–Kier alpha value is -4.86. The third-order valence-corrected chi connectivity index (χ3v) is 5.12. The molecule has 10 nitrogen and oxygen atoms in total. The summed E-state index contributed by atoms with van der Waals surface area (Å²) < 4.78 is 11.1. The number of fused-ring (bicyclic) bond motifs is 1. The molecule has 0 amide bonds. The van der Waals surface area contributed by atoms with Gasteiger partial charge in [-0.15, -0.1) is 0 Å². The molecule has 1 heterocycles. The van der Waals surface area contributed by atoms with E-state index in [4.69, 9.17) is 4.74 Å². The summed E-state index contributed by atoms with van der Waals surface area (Å²) in [4.78, 5) is 40.4. The molecule has 0 N–H and O–H groups in total. The van der Waals surface area contributed by atoms with Gasteiger partial charge in [-0.3, -0.25) is 14.9 Å². The monoisotopic (exact) mass is 472 g/mol. The number of rotatable bonds is 7. The fourth-order valence-corrected chi connectivity index (χ4v) is 3.39. The van der Waals surface area contributed by atoms with E-state index in [1.165, 1.54) is 38.4 Å². The standard InChI is InChI=1S/C25H20N4O6/c1-16(25(31)34-2)35-22-13-12-17(14-21(22)29(32)33)15-26-28-23(18-8-4-3-5-9-18)27-20-11-7-6-10-19(20)24(28)30/h3-16H,1-2H3. The molecule has 0 aliphatic carbocycles. The molecule has 4 rings (SSSR count).